The van der Waals surface area contributed by atoms with E-state index in [0.717, 1.165) is 5.56 Å². The molecule has 16 heavy (non-hydrogen) atoms. The SMILES string of the molecule is CC[C@@H]1C(=O)OC(=O)N1Cc1ccccc1. The summed E-state index contributed by atoms with van der Waals surface area (Å²) in [6.07, 6.45) is 0.0397. The molecule has 84 valence electrons. The third-order valence-electron chi connectivity index (χ3n) is 2.65. The number of carbonyl (C=O) groups is 2. The average molecular weight is 219 g/mol. The maximum atomic E-state index is 11.4. The smallest absolute Gasteiger partial charge is 0.375 e. The molecule has 1 fully saturated rings. The Bertz CT molecular complexity index is 402. The zero-order valence-corrected chi connectivity index (χ0v) is 9.05. The van der Waals surface area contributed by atoms with Crippen LogP contribution in [0.1, 0.15) is 18.9 Å². The zero-order valence-electron chi connectivity index (χ0n) is 9.05. The van der Waals surface area contributed by atoms with Gasteiger partial charge in [0.2, 0.25) is 0 Å². The molecule has 1 amide bonds. The van der Waals surface area contributed by atoms with Crippen LogP contribution in [0.15, 0.2) is 30.3 Å². The third kappa shape index (κ3) is 1.91. The van der Waals surface area contributed by atoms with Crippen molar-refractivity contribution in [1.82, 2.24) is 4.90 Å². The van der Waals surface area contributed by atoms with Crippen LogP contribution >= 0.6 is 0 Å². The van der Waals surface area contributed by atoms with Gasteiger partial charge >= 0.3 is 12.1 Å². The number of esters is 1. The fourth-order valence-electron chi connectivity index (χ4n) is 1.81. The molecule has 0 spiro atoms. The average Bonchev–Trinajstić information content (AvgIpc) is 2.55. The Labute approximate surface area is 93.8 Å². The highest BCUT2D eigenvalue weighted by Gasteiger charge is 2.39. The van der Waals surface area contributed by atoms with Crippen molar-refractivity contribution >= 4 is 12.1 Å². The van der Waals surface area contributed by atoms with Crippen molar-refractivity contribution in [3.63, 3.8) is 0 Å². The van der Waals surface area contributed by atoms with Crippen molar-refractivity contribution in [2.75, 3.05) is 0 Å². The van der Waals surface area contributed by atoms with Gasteiger partial charge in [0.25, 0.3) is 0 Å². The third-order valence-corrected chi connectivity index (χ3v) is 2.65. The van der Waals surface area contributed by atoms with Crippen molar-refractivity contribution in [2.24, 2.45) is 0 Å². The van der Waals surface area contributed by atoms with Crippen LogP contribution in [0.5, 0.6) is 0 Å². The molecule has 0 unspecified atom stereocenters. The molecule has 0 bridgehead atoms. The second-order valence-electron chi connectivity index (χ2n) is 3.72. The van der Waals surface area contributed by atoms with Gasteiger partial charge in [-0.25, -0.2) is 9.59 Å². The second-order valence-corrected chi connectivity index (χ2v) is 3.72. The minimum absolute atomic E-state index is 0.421. The lowest BCUT2D eigenvalue weighted by Crippen LogP contribution is -2.33. The summed E-state index contributed by atoms with van der Waals surface area (Å²) in [6.45, 7) is 2.28. The molecular weight excluding hydrogens is 206 g/mol. The van der Waals surface area contributed by atoms with Gasteiger partial charge in [0.1, 0.15) is 6.04 Å². The number of rotatable bonds is 3. The second kappa shape index (κ2) is 4.35. The number of amides is 1. The molecule has 1 aliphatic heterocycles. The van der Waals surface area contributed by atoms with Crippen LogP contribution in [0.3, 0.4) is 0 Å². The molecule has 1 atom stereocenters. The molecule has 1 aromatic carbocycles. The maximum absolute atomic E-state index is 11.4. The van der Waals surface area contributed by atoms with Crippen molar-refractivity contribution in [1.29, 1.82) is 0 Å². The van der Waals surface area contributed by atoms with E-state index in [1.807, 2.05) is 37.3 Å². The van der Waals surface area contributed by atoms with Gasteiger partial charge in [-0.05, 0) is 12.0 Å². The van der Waals surface area contributed by atoms with Crippen LogP contribution in [-0.4, -0.2) is 23.0 Å². The first-order valence-electron chi connectivity index (χ1n) is 5.28. The predicted molar refractivity (Wildman–Crippen MR) is 57.6 cm³/mol. The Hall–Kier alpha value is -1.84. The highest BCUT2D eigenvalue weighted by molar-refractivity contribution is 5.95. The number of benzene rings is 1. The Morgan fingerprint density at radius 1 is 1.25 bits per heavy atom. The molecule has 0 radical (unpaired) electrons. The minimum Gasteiger partial charge on any atom is -0.375 e. The van der Waals surface area contributed by atoms with Crippen molar-refractivity contribution < 1.29 is 14.3 Å². The fraction of sp³-hybridized carbons (Fsp3) is 0.333. The fourth-order valence-corrected chi connectivity index (χ4v) is 1.81. The highest BCUT2D eigenvalue weighted by Crippen LogP contribution is 2.19. The van der Waals surface area contributed by atoms with E-state index >= 15 is 0 Å². The van der Waals surface area contributed by atoms with Crippen LogP contribution in [0.4, 0.5) is 4.79 Å². The van der Waals surface area contributed by atoms with Gasteiger partial charge < -0.3 is 4.74 Å². The largest absolute Gasteiger partial charge is 0.418 e. The van der Waals surface area contributed by atoms with Gasteiger partial charge in [-0.1, -0.05) is 37.3 Å². The van der Waals surface area contributed by atoms with Crippen LogP contribution in [0.2, 0.25) is 0 Å². The summed E-state index contributed by atoms with van der Waals surface area (Å²) in [7, 11) is 0. The quantitative estimate of drug-likeness (QED) is 0.576. The lowest BCUT2D eigenvalue weighted by Gasteiger charge is -2.18. The molecule has 1 heterocycles. The van der Waals surface area contributed by atoms with Gasteiger partial charge in [0, 0.05) is 6.54 Å². The zero-order chi connectivity index (χ0) is 11.5. The molecule has 1 saturated heterocycles. The lowest BCUT2D eigenvalue weighted by atomic mass is 10.1. The summed E-state index contributed by atoms with van der Waals surface area (Å²) in [5.41, 5.74) is 0.993. The number of cyclic esters (lactones) is 2. The number of ether oxygens (including phenoxy) is 1. The molecule has 0 saturated carbocycles. The van der Waals surface area contributed by atoms with E-state index in [2.05, 4.69) is 4.74 Å². The molecule has 2 rings (SSSR count). The monoisotopic (exact) mass is 219 g/mol. The number of carbonyl (C=O) groups excluding carboxylic acids is 2. The summed E-state index contributed by atoms with van der Waals surface area (Å²) < 4.78 is 4.60. The van der Waals surface area contributed by atoms with Crippen LogP contribution in [0, 0.1) is 0 Å². The van der Waals surface area contributed by atoms with E-state index in [0.29, 0.717) is 13.0 Å². The van der Waals surface area contributed by atoms with E-state index in [9.17, 15) is 9.59 Å². The topological polar surface area (TPSA) is 46.6 Å². The standard InChI is InChI=1S/C12H13NO3/c1-2-10-11(14)16-12(15)13(10)8-9-6-4-3-5-7-9/h3-7,10H,2,8H2,1H3/t10-/m1/s1. The summed E-state index contributed by atoms with van der Waals surface area (Å²) in [5, 5.41) is 0. The summed E-state index contributed by atoms with van der Waals surface area (Å²) >= 11 is 0. The Morgan fingerprint density at radius 2 is 1.94 bits per heavy atom. The Balaban J connectivity index is 2.14. The van der Waals surface area contributed by atoms with E-state index < -0.39 is 18.1 Å². The Morgan fingerprint density at radius 3 is 2.56 bits per heavy atom. The molecule has 4 nitrogen and oxygen atoms in total. The molecule has 0 N–H and O–H groups in total. The first-order chi connectivity index (χ1) is 7.72. The minimum atomic E-state index is -0.541. The van der Waals surface area contributed by atoms with E-state index in [1.165, 1.54) is 4.90 Å². The summed E-state index contributed by atoms with van der Waals surface area (Å²) in [4.78, 5) is 24.2. The predicted octanol–water partition coefficient (Wildman–Crippen LogP) is 1.94. The van der Waals surface area contributed by atoms with Crippen molar-refractivity contribution in [3.8, 4) is 0 Å². The molecule has 1 aromatic rings. The first-order valence-corrected chi connectivity index (χ1v) is 5.28. The number of nitrogens with zero attached hydrogens (tertiary/aromatic N) is 1. The summed E-state index contributed by atoms with van der Waals surface area (Å²) in [5.74, 6) is -0.441. The normalized spacial score (nSPS) is 20.1. The van der Waals surface area contributed by atoms with Gasteiger partial charge in [-0.15, -0.1) is 0 Å². The number of hydrogen-bond donors (Lipinski definition) is 0. The van der Waals surface area contributed by atoms with Gasteiger partial charge in [0.15, 0.2) is 0 Å². The lowest BCUT2D eigenvalue weighted by molar-refractivity contribution is -0.135. The molecule has 1 aliphatic rings. The molecule has 0 aromatic heterocycles. The van der Waals surface area contributed by atoms with Crippen molar-refractivity contribution in [2.45, 2.75) is 25.9 Å². The van der Waals surface area contributed by atoms with Gasteiger partial charge in [-0.3, -0.25) is 4.90 Å². The first kappa shape index (κ1) is 10.7. The van der Waals surface area contributed by atoms with Gasteiger partial charge in [0.05, 0.1) is 0 Å². The van der Waals surface area contributed by atoms with Crippen LogP contribution in [-0.2, 0) is 16.1 Å². The van der Waals surface area contributed by atoms with E-state index in [-0.39, 0.29) is 0 Å². The highest BCUT2D eigenvalue weighted by atomic mass is 16.6. The molecular formula is C12H13NO3. The van der Waals surface area contributed by atoms with E-state index in [4.69, 9.17) is 0 Å². The van der Waals surface area contributed by atoms with Gasteiger partial charge in [-0.2, -0.15) is 0 Å². The summed E-state index contributed by atoms with van der Waals surface area (Å²) in [6, 6.07) is 9.12. The maximum Gasteiger partial charge on any atom is 0.418 e. The molecule has 4 heteroatoms. The molecule has 0 aliphatic carbocycles. The Kier molecular flexibility index (Phi) is 2.90. The van der Waals surface area contributed by atoms with Crippen LogP contribution < -0.4 is 0 Å². The van der Waals surface area contributed by atoms with E-state index in [1.54, 1.807) is 0 Å². The van der Waals surface area contributed by atoms with Crippen molar-refractivity contribution in [3.05, 3.63) is 35.9 Å². The number of hydrogen-bond acceptors (Lipinski definition) is 3. The van der Waals surface area contributed by atoms with Crippen LogP contribution in [0.25, 0.3) is 0 Å².